The van der Waals surface area contributed by atoms with Crippen LogP contribution in [-0.4, -0.2) is 17.6 Å². The molecule has 1 aromatic rings. The molecule has 0 saturated heterocycles. The number of hydrogen-bond acceptors (Lipinski definition) is 2. The van der Waals surface area contributed by atoms with E-state index in [4.69, 9.17) is 0 Å². The number of hydrogen-bond donors (Lipinski definition) is 0. The van der Waals surface area contributed by atoms with Gasteiger partial charge in [-0.25, -0.2) is 12.8 Å². The minimum atomic E-state index is -3.60. The van der Waals surface area contributed by atoms with Crippen LogP contribution in [0, 0.1) is 12.8 Å². The summed E-state index contributed by atoms with van der Waals surface area (Å²) in [6.45, 7) is 1.93. The summed E-state index contributed by atoms with van der Waals surface area (Å²) in [6.07, 6.45) is 6.59. The van der Waals surface area contributed by atoms with Gasteiger partial charge in [0, 0.05) is 10.7 Å². The van der Waals surface area contributed by atoms with Gasteiger partial charge in [0.25, 0.3) is 0 Å². The highest BCUT2D eigenvalue weighted by Crippen LogP contribution is 2.50. The van der Waals surface area contributed by atoms with Gasteiger partial charge in [0.15, 0.2) is 0 Å². The third-order valence-electron chi connectivity index (χ3n) is 5.00. The lowest BCUT2D eigenvalue weighted by Crippen LogP contribution is -2.38. The van der Waals surface area contributed by atoms with Crippen molar-refractivity contribution in [3.8, 4) is 0 Å². The van der Waals surface area contributed by atoms with Crippen molar-refractivity contribution in [3.63, 3.8) is 0 Å². The van der Waals surface area contributed by atoms with Gasteiger partial charge in [-0.1, -0.05) is 55.6 Å². The van der Waals surface area contributed by atoms with E-state index in [1.54, 1.807) is 18.2 Å². The Labute approximate surface area is 165 Å². The predicted octanol–water partition coefficient (Wildman–Crippen LogP) is 6.00. The Kier molecular flexibility index (Phi) is 5.62. The molecule has 2 aliphatic carbocycles. The van der Waals surface area contributed by atoms with Gasteiger partial charge in [0.1, 0.15) is 0 Å². The van der Waals surface area contributed by atoms with Crippen molar-refractivity contribution in [1.82, 2.24) is 0 Å². The van der Waals surface area contributed by atoms with E-state index >= 15 is 0 Å². The van der Waals surface area contributed by atoms with Gasteiger partial charge < -0.3 is 0 Å². The molecule has 2 aliphatic rings. The van der Waals surface area contributed by atoms with Crippen LogP contribution in [0.4, 0.5) is 4.39 Å². The smallest absolute Gasteiger partial charge is 0.202 e. The summed E-state index contributed by atoms with van der Waals surface area (Å²) >= 11 is 7.32. The molecule has 0 amide bonds. The molecular weight excluding hydrogens is 471 g/mol. The first-order valence-electron chi connectivity index (χ1n) is 8.44. The molecule has 0 N–H and O–H groups in total. The fourth-order valence-electron chi connectivity index (χ4n) is 3.65. The molecule has 1 aromatic carbocycles. The van der Waals surface area contributed by atoms with Crippen molar-refractivity contribution in [2.24, 2.45) is 5.92 Å². The summed E-state index contributed by atoms with van der Waals surface area (Å²) in [5.41, 5.74) is 1.02. The molecule has 0 spiro atoms. The van der Waals surface area contributed by atoms with Crippen LogP contribution in [0.15, 0.2) is 52.0 Å². The average Bonchev–Trinajstić information content (AvgIpc) is 2.55. The number of aryl methyl sites for hydroxylation is 1. The molecule has 0 radical (unpaired) electrons. The number of benzene rings is 1. The van der Waals surface area contributed by atoms with E-state index in [0.29, 0.717) is 29.1 Å². The molecule has 0 aliphatic heterocycles. The molecule has 136 valence electrons. The van der Waals surface area contributed by atoms with Crippen LogP contribution >= 0.6 is 31.9 Å². The highest BCUT2D eigenvalue weighted by atomic mass is 79.9. The highest BCUT2D eigenvalue weighted by Gasteiger charge is 2.45. The summed E-state index contributed by atoms with van der Waals surface area (Å²) in [4.78, 5) is 0.913. The summed E-state index contributed by atoms with van der Waals surface area (Å²) in [6, 6.07) is 6.92. The first kappa shape index (κ1) is 19.3. The molecule has 25 heavy (non-hydrogen) atoms. The molecule has 2 unspecified atom stereocenters. The summed E-state index contributed by atoms with van der Waals surface area (Å²) in [5.74, 6) is -0.449. The maximum atomic E-state index is 14.0. The fourth-order valence-corrected chi connectivity index (χ4v) is 7.08. The maximum absolute atomic E-state index is 14.0. The average molecular weight is 492 g/mol. The lowest BCUT2D eigenvalue weighted by atomic mass is 9.78. The van der Waals surface area contributed by atoms with Crippen LogP contribution in [0.2, 0.25) is 0 Å². The molecule has 0 saturated carbocycles. The number of alkyl halides is 2. The van der Waals surface area contributed by atoms with Gasteiger partial charge in [0.05, 0.1) is 20.0 Å². The van der Waals surface area contributed by atoms with Crippen molar-refractivity contribution in [1.29, 1.82) is 0 Å². The Balaban J connectivity index is 2.06. The van der Waals surface area contributed by atoms with Crippen LogP contribution in [0.5, 0.6) is 0 Å². The summed E-state index contributed by atoms with van der Waals surface area (Å²) < 4.78 is 39.9. The first-order chi connectivity index (χ1) is 11.7. The number of halogens is 3. The van der Waals surface area contributed by atoms with Gasteiger partial charge in [-0.05, 0) is 57.2 Å². The van der Waals surface area contributed by atoms with E-state index < -0.39 is 14.2 Å². The third-order valence-corrected chi connectivity index (χ3v) is 8.89. The topological polar surface area (TPSA) is 34.1 Å². The molecule has 0 fully saturated rings. The molecule has 0 aromatic heterocycles. The van der Waals surface area contributed by atoms with Gasteiger partial charge in [-0.2, -0.15) is 0 Å². The van der Waals surface area contributed by atoms with Crippen LogP contribution in [0.3, 0.4) is 0 Å². The van der Waals surface area contributed by atoms with Gasteiger partial charge in [-0.15, -0.1) is 0 Å². The minimum Gasteiger partial charge on any atom is -0.219 e. The molecule has 0 heterocycles. The SMILES string of the molecule is Cc1ccc(S(=O)(=O)C2=CCC(Br)CC2[C@]2(Br)C=C(F)CCC2)cc1. The van der Waals surface area contributed by atoms with E-state index in [2.05, 4.69) is 31.9 Å². The lowest BCUT2D eigenvalue weighted by Gasteiger charge is -2.40. The Morgan fingerprint density at radius 2 is 1.92 bits per heavy atom. The van der Waals surface area contributed by atoms with Crippen molar-refractivity contribution < 1.29 is 12.8 Å². The monoisotopic (exact) mass is 490 g/mol. The van der Waals surface area contributed by atoms with Crippen molar-refractivity contribution >= 4 is 41.7 Å². The minimum absolute atomic E-state index is 0.160. The summed E-state index contributed by atoms with van der Waals surface area (Å²) in [7, 11) is -3.60. The summed E-state index contributed by atoms with van der Waals surface area (Å²) in [5, 5.41) is 0. The normalized spacial score (nSPS) is 30.6. The molecule has 6 heteroatoms. The Hall–Kier alpha value is -0.460. The van der Waals surface area contributed by atoms with Gasteiger partial charge >= 0.3 is 0 Å². The molecule has 2 nitrogen and oxygen atoms in total. The third kappa shape index (κ3) is 3.96. The highest BCUT2D eigenvalue weighted by molar-refractivity contribution is 9.10. The molecule has 3 rings (SSSR count). The number of rotatable bonds is 3. The molecular formula is C19H21Br2FO2S. The van der Waals surface area contributed by atoms with Crippen LogP contribution in [0.1, 0.15) is 37.7 Å². The van der Waals surface area contributed by atoms with Crippen molar-refractivity contribution in [3.05, 3.63) is 52.7 Å². The van der Waals surface area contributed by atoms with Crippen LogP contribution in [0.25, 0.3) is 0 Å². The second-order valence-corrected chi connectivity index (χ2v) is 11.6. The van der Waals surface area contributed by atoms with E-state index in [1.807, 2.05) is 25.1 Å². The van der Waals surface area contributed by atoms with Gasteiger partial charge in [0.2, 0.25) is 9.84 Å². The van der Waals surface area contributed by atoms with Gasteiger partial charge in [-0.3, -0.25) is 0 Å². The van der Waals surface area contributed by atoms with Crippen molar-refractivity contribution in [2.45, 2.75) is 53.1 Å². The van der Waals surface area contributed by atoms with E-state index in [-0.39, 0.29) is 16.6 Å². The van der Waals surface area contributed by atoms with E-state index in [1.165, 1.54) is 0 Å². The van der Waals surface area contributed by atoms with Crippen LogP contribution in [-0.2, 0) is 9.84 Å². The maximum Gasteiger partial charge on any atom is 0.202 e. The lowest BCUT2D eigenvalue weighted by molar-refractivity contribution is 0.393. The largest absolute Gasteiger partial charge is 0.219 e. The fraction of sp³-hybridized carbons (Fsp3) is 0.474. The number of allylic oxidation sites excluding steroid dienone is 4. The van der Waals surface area contributed by atoms with E-state index in [9.17, 15) is 12.8 Å². The van der Waals surface area contributed by atoms with E-state index in [0.717, 1.165) is 18.4 Å². The van der Waals surface area contributed by atoms with Crippen molar-refractivity contribution in [2.75, 3.05) is 0 Å². The molecule has 0 bridgehead atoms. The number of sulfone groups is 1. The Morgan fingerprint density at radius 1 is 1.24 bits per heavy atom. The predicted molar refractivity (Wildman–Crippen MR) is 107 cm³/mol. The van der Waals surface area contributed by atoms with Crippen LogP contribution < -0.4 is 0 Å². The second kappa shape index (κ2) is 7.28. The zero-order chi connectivity index (χ0) is 18.2. The quantitative estimate of drug-likeness (QED) is 0.486. The standard InChI is InChI=1S/C19H21Br2FO2S/c1-13-4-7-16(8-5-13)25(23,24)18-9-6-14(20)11-17(18)19(21)10-2-3-15(22)12-19/h4-5,7-9,12,14,17H,2-3,6,10-11H2,1H3/t14?,17?,19-/m1/s1. The zero-order valence-corrected chi connectivity index (χ0v) is 18.0. The zero-order valence-electron chi connectivity index (χ0n) is 14.0. The molecule has 3 atom stereocenters. The Bertz CT molecular complexity index is 814. The Morgan fingerprint density at radius 3 is 2.56 bits per heavy atom. The first-order valence-corrected chi connectivity index (χ1v) is 11.6. The second-order valence-electron chi connectivity index (χ2n) is 6.92.